The van der Waals surface area contributed by atoms with E-state index in [0.717, 1.165) is 18.4 Å². The molecule has 0 saturated heterocycles. The summed E-state index contributed by atoms with van der Waals surface area (Å²) in [6, 6.07) is 20.0. The molecule has 0 radical (unpaired) electrons. The number of benzene rings is 3. The van der Waals surface area contributed by atoms with E-state index in [1.165, 1.54) is 10.1 Å². The lowest BCUT2D eigenvalue weighted by atomic mass is 10.1. The third-order valence-corrected chi connectivity index (χ3v) is 8.85. The van der Waals surface area contributed by atoms with Gasteiger partial charge < -0.3 is 15.0 Å². The third-order valence-electron chi connectivity index (χ3n) is 7.62. The molecule has 0 fully saturated rings. The van der Waals surface area contributed by atoms with Gasteiger partial charge in [-0.25, -0.2) is 4.79 Å². The standard InChI is InChI=1S/C30H26BrClN4O4/c1-40-21-10-8-20(9-11-21)36-27(28(37)33-25-13-7-18-4-2-3-5-22(18)25)26-17-34(14-15-35(26)30(36)39)29(38)19-6-12-23(31)24(32)16-19/h2-6,8-12,16,25H,7,13-15,17H2,1H3,(H,33,37)/t25-/m0/s1. The van der Waals surface area contributed by atoms with E-state index in [0.29, 0.717) is 38.7 Å². The zero-order chi connectivity index (χ0) is 28.0. The maximum Gasteiger partial charge on any atom is 0.333 e. The summed E-state index contributed by atoms with van der Waals surface area (Å²) in [6.07, 6.45) is 1.65. The number of imidazole rings is 1. The number of aryl methyl sites for hydroxylation is 1. The summed E-state index contributed by atoms with van der Waals surface area (Å²) in [5.41, 5.74) is 3.68. The summed E-state index contributed by atoms with van der Waals surface area (Å²) in [6.45, 7) is 0.692. The topological polar surface area (TPSA) is 85.6 Å². The van der Waals surface area contributed by atoms with Crippen LogP contribution in [0.15, 0.2) is 76.0 Å². The van der Waals surface area contributed by atoms with E-state index in [1.54, 1.807) is 59.0 Å². The fourth-order valence-corrected chi connectivity index (χ4v) is 6.01. The summed E-state index contributed by atoms with van der Waals surface area (Å²) in [4.78, 5) is 42.8. The molecule has 1 aromatic heterocycles. The molecular weight excluding hydrogens is 596 g/mol. The van der Waals surface area contributed by atoms with Crippen molar-refractivity contribution in [3.8, 4) is 11.4 Å². The Hall–Kier alpha value is -3.82. The quantitative estimate of drug-likeness (QED) is 0.335. The van der Waals surface area contributed by atoms with E-state index in [2.05, 4.69) is 27.3 Å². The van der Waals surface area contributed by atoms with Gasteiger partial charge in [0.05, 0.1) is 36.1 Å². The lowest BCUT2D eigenvalue weighted by molar-refractivity contribution is 0.0706. The summed E-state index contributed by atoms with van der Waals surface area (Å²) in [5.74, 6) is 0.0602. The molecule has 2 aliphatic rings. The van der Waals surface area contributed by atoms with Crippen LogP contribution < -0.4 is 15.7 Å². The van der Waals surface area contributed by atoms with Crippen molar-refractivity contribution in [1.82, 2.24) is 19.4 Å². The number of fused-ring (bicyclic) bond motifs is 2. The zero-order valence-electron chi connectivity index (χ0n) is 21.7. The van der Waals surface area contributed by atoms with Crippen LogP contribution in [0.25, 0.3) is 5.69 Å². The summed E-state index contributed by atoms with van der Waals surface area (Å²) in [5, 5.41) is 3.61. The van der Waals surface area contributed by atoms with Gasteiger partial charge in [-0.05, 0) is 82.4 Å². The molecule has 1 aliphatic carbocycles. The largest absolute Gasteiger partial charge is 0.497 e. The van der Waals surface area contributed by atoms with Crippen LogP contribution in [-0.2, 0) is 19.5 Å². The van der Waals surface area contributed by atoms with Crippen molar-refractivity contribution in [1.29, 1.82) is 0 Å². The Morgan fingerprint density at radius 3 is 2.58 bits per heavy atom. The van der Waals surface area contributed by atoms with Gasteiger partial charge in [0.25, 0.3) is 11.8 Å². The van der Waals surface area contributed by atoms with Crippen LogP contribution in [0.3, 0.4) is 0 Å². The Bertz CT molecular complexity index is 1700. The van der Waals surface area contributed by atoms with Gasteiger partial charge >= 0.3 is 5.69 Å². The lowest BCUT2D eigenvalue weighted by Gasteiger charge is -2.28. The van der Waals surface area contributed by atoms with Crippen molar-refractivity contribution in [3.05, 3.63) is 115 Å². The van der Waals surface area contributed by atoms with Gasteiger partial charge in [-0.2, -0.15) is 0 Å². The van der Waals surface area contributed by atoms with Crippen molar-refractivity contribution >= 4 is 39.3 Å². The van der Waals surface area contributed by atoms with Crippen molar-refractivity contribution in [2.24, 2.45) is 0 Å². The van der Waals surface area contributed by atoms with Crippen LogP contribution in [0.4, 0.5) is 0 Å². The van der Waals surface area contributed by atoms with E-state index >= 15 is 0 Å². The summed E-state index contributed by atoms with van der Waals surface area (Å²) < 4.78 is 9.02. The Morgan fingerprint density at radius 1 is 1.05 bits per heavy atom. The number of nitrogens with one attached hydrogen (secondary N) is 1. The molecule has 4 aromatic rings. The molecule has 204 valence electrons. The van der Waals surface area contributed by atoms with Gasteiger partial charge in [-0.15, -0.1) is 0 Å². The minimum absolute atomic E-state index is 0.106. The fourth-order valence-electron chi connectivity index (χ4n) is 5.58. The number of aromatic nitrogens is 2. The second kappa shape index (κ2) is 10.6. The SMILES string of the molecule is COc1ccc(-n2c(C(=O)N[C@H]3CCc4ccccc43)c3n(c2=O)CCN(C(=O)c2ccc(Br)c(Cl)c2)C3)cc1. The van der Waals surface area contributed by atoms with E-state index in [4.69, 9.17) is 16.3 Å². The number of nitrogens with zero attached hydrogens (tertiary/aromatic N) is 3. The normalized spacial score (nSPS) is 15.9. The number of methoxy groups -OCH3 is 1. The maximum atomic E-state index is 14.0. The zero-order valence-corrected chi connectivity index (χ0v) is 24.0. The molecule has 2 amide bonds. The van der Waals surface area contributed by atoms with Gasteiger partial charge in [0, 0.05) is 23.1 Å². The Morgan fingerprint density at radius 2 is 1.82 bits per heavy atom. The number of hydrogen-bond acceptors (Lipinski definition) is 4. The van der Waals surface area contributed by atoms with Crippen LogP contribution in [-0.4, -0.2) is 39.5 Å². The molecule has 1 aliphatic heterocycles. The average molecular weight is 622 g/mol. The van der Waals surface area contributed by atoms with Gasteiger partial charge in [-0.3, -0.25) is 18.7 Å². The average Bonchev–Trinajstić information content (AvgIpc) is 3.52. The molecule has 6 rings (SSSR count). The highest BCUT2D eigenvalue weighted by Gasteiger charge is 2.34. The predicted octanol–water partition coefficient (Wildman–Crippen LogP) is 5.14. The molecule has 2 heterocycles. The fraction of sp³-hybridized carbons (Fsp3) is 0.233. The Labute approximate surface area is 244 Å². The molecule has 3 aromatic carbocycles. The number of ether oxygens (including phenoxy) is 1. The second-order valence-electron chi connectivity index (χ2n) is 9.88. The molecular formula is C30H26BrClN4O4. The smallest absolute Gasteiger partial charge is 0.333 e. The lowest BCUT2D eigenvalue weighted by Crippen LogP contribution is -2.41. The third kappa shape index (κ3) is 4.63. The number of rotatable bonds is 5. The number of halogens is 2. The molecule has 1 atom stereocenters. The van der Waals surface area contributed by atoms with Crippen molar-refractivity contribution in [2.75, 3.05) is 13.7 Å². The van der Waals surface area contributed by atoms with Crippen LogP contribution in [0.1, 0.15) is 50.1 Å². The van der Waals surface area contributed by atoms with Gasteiger partial charge in [0.1, 0.15) is 11.4 Å². The maximum absolute atomic E-state index is 14.0. The molecule has 1 N–H and O–H groups in total. The summed E-state index contributed by atoms with van der Waals surface area (Å²) in [7, 11) is 1.57. The monoisotopic (exact) mass is 620 g/mol. The first kappa shape index (κ1) is 26.4. The molecule has 0 saturated carbocycles. The highest BCUT2D eigenvalue weighted by molar-refractivity contribution is 9.10. The van der Waals surface area contributed by atoms with Crippen LogP contribution >= 0.6 is 27.5 Å². The Balaban J connectivity index is 1.40. The highest BCUT2D eigenvalue weighted by atomic mass is 79.9. The first-order chi connectivity index (χ1) is 19.4. The van der Waals surface area contributed by atoms with Gasteiger partial charge in [-0.1, -0.05) is 35.9 Å². The van der Waals surface area contributed by atoms with Gasteiger partial charge in [0.2, 0.25) is 0 Å². The Kier molecular flexibility index (Phi) is 7.02. The number of amides is 2. The van der Waals surface area contributed by atoms with Crippen LogP contribution in [0.5, 0.6) is 5.75 Å². The first-order valence-corrected chi connectivity index (χ1v) is 14.1. The number of carbonyl (C=O) groups is 2. The van der Waals surface area contributed by atoms with E-state index < -0.39 is 0 Å². The minimum Gasteiger partial charge on any atom is -0.497 e. The second-order valence-corrected chi connectivity index (χ2v) is 11.1. The van der Waals surface area contributed by atoms with Crippen molar-refractivity contribution < 1.29 is 14.3 Å². The van der Waals surface area contributed by atoms with Crippen molar-refractivity contribution in [2.45, 2.75) is 32.0 Å². The van der Waals surface area contributed by atoms with Crippen LogP contribution in [0, 0.1) is 0 Å². The van der Waals surface area contributed by atoms with Crippen molar-refractivity contribution in [3.63, 3.8) is 0 Å². The molecule has 10 heteroatoms. The molecule has 0 unspecified atom stereocenters. The van der Waals surface area contributed by atoms with Gasteiger partial charge in [0.15, 0.2) is 0 Å². The molecule has 8 nitrogen and oxygen atoms in total. The predicted molar refractivity (Wildman–Crippen MR) is 155 cm³/mol. The van der Waals surface area contributed by atoms with E-state index in [1.807, 2.05) is 18.2 Å². The number of hydrogen-bond donors (Lipinski definition) is 1. The molecule has 0 spiro atoms. The molecule has 0 bridgehead atoms. The minimum atomic E-state index is -0.357. The number of carbonyl (C=O) groups excluding carboxylic acids is 2. The van der Waals surface area contributed by atoms with E-state index in [9.17, 15) is 14.4 Å². The summed E-state index contributed by atoms with van der Waals surface area (Å²) >= 11 is 9.61. The van der Waals surface area contributed by atoms with E-state index in [-0.39, 0.29) is 42.3 Å². The highest BCUT2D eigenvalue weighted by Crippen LogP contribution is 2.32. The molecule has 40 heavy (non-hydrogen) atoms. The van der Waals surface area contributed by atoms with Crippen LogP contribution in [0.2, 0.25) is 5.02 Å². The first-order valence-electron chi connectivity index (χ1n) is 13.0.